The smallest absolute Gasteiger partial charge is 0.409 e. The molecule has 0 aliphatic rings. The standard InChI is InChI=1S/C9H16N2O5/c1-4-5(2)11(16)8(13)7(12)6(3)10-9(14)15/h5,10,12,16H,4H2,1-3H3,(H,14,15)/b7-6+. The van der Waals surface area contributed by atoms with Crippen LogP contribution in [0.2, 0.25) is 0 Å². The molecule has 0 spiro atoms. The molecule has 0 aliphatic heterocycles. The number of aliphatic hydroxyl groups excluding tert-OH is 1. The molecule has 0 fully saturated rings. The summed E-state index contributed by atoms with van der Waals surface area (Å²) in [6.07, 6.45) is -0.897. The van der Waals surface area contributed by atoms with Gasteiger partial charge in [-0.25, -0.2) is 9.86 Å². The molecule has 0 heterocycles. The number of hydrogen-bond donors (Lipinski definition) is 4. The van der Waals surface area contributed by atoms with Gasteiger partial charge in [0.15, 0.2) is 0 Å². The number of hydrogen-bond acceptors (Lipinski definition) is 4. The molecule has 0 aromatic rings. The van der Waals surface area contributed by atoms with Crippen LogP contribution in [0.5, 0.6) is 0 Å². The van der Waals surface area contributed by atoms with E-state index in [0.29, 0.717) is 11.5 Å². The number of amides is 2. The second kappa shape index (κ2) is 5.96. The van der Waals surface area contributed by atoms with E-state index in [9.17, 15) is 19.9 Å². The number of nitrogens with one attached hydrogen (secondary N) is 1. The summed E-state index contributed by atoms with van der Waals surface area (Å²) >= 11 is 0. The van der Waals surface area contributed by atoms with Crippen LogP contribution in [0.4, 0.5) is 4.79 Å². The summed E-state index contributed by atoms with van der Waals surface area (Å²) in [7, 11) is 0. The molecule has 0 rings (SSSR count). The zero-order chi connectivity index (χ0) is 12.9. The normalized spacial score (nSPS) is 13.8. The highest BCUT2D eigenvalue weighted by Crippen LogP contribution is 2.07. The largest absolute Gasteiger partial charge is 0.502 e. The van der Waals surface area contributed by atoms with Gasteiger partial charge in [-0.3, -0.25) is 15.3 Å². The molecule has 1 unspecified atom stereocenters. The van der Waals surface area contributed by atoms with Crippen LogP contribution in [0.25, 0.3) is 0 Å². The van der Waals surface area contributed by atoms with E-state index >= 15 is 0 Å². The van der Waals surface area contributed by atoms with E-state index < -0.39 is 23.8 Å². The average molecular weight is 232 g/mol. The van der Waals surface area contributed by atoms with Gasteiger partial charge in [-0.1, -0.05) is 6.92 Å². The van der Waals surface area contributed by atoms with E-state index in [1.54, 1.807) is 13.8 Å². The number of carboxylic acid groups (broad SMARTS) is 1. The third-order valence-corrected chi connectivity index (χ3v) is 2.07. The zero-order valence-corrected chi connectivity index (χ0v) is 9.39. The average Bonchev–Trinajstić information content (AvgIpc) is 2.23. The second-order valence-corrected chi connectivity index (χ2v) is 3.31. The number of hydroxylamine groups is 2. The van der Waals surface area contributed by atoms with Gasteiger partial charge in [0.1, 0.15) is 0 Å². The minimum atomic E-state index is -1.40. The molecule has 0 saturated heterocycles. The Morgan fingerprint density at radius 2 is 1.88 bits per heavy atom. The Balaban J connectivity index is 4.77. The van der Waals surface area contributed by atoms with E-state index in [0.717, 1.165) is 0 Å². The van der Waals surface area contributed by atoms with Crippen LogP contribution in [-0.2, 0) is 4.79 Å². The van der Waals surface area contributed by atoms with E-state index in [2.05, 4.69) is 0 Å². The van der Waals surface area contributed by atoms with E-state index in [-0.39, 0.29) is 5.70 Å². The van der Waals surface area contributed by atoms with Crippen molar-refractivity contribution in [1.82, 2.24) is 10.4 Å². The second-order valence-electron chi connectivity index (χ2n) is 3.31. The summed E-state index contributed by atoms with van der Waals surface area (Å²) in [6, 6.07) is -0.465. The fourth-order valence-corrected chi connectivity index (χ4v) is 0.862. The molecule has 0 aliphatic carbocycles. The summed E-state index contributed by atoms with van der Waals surface area (Å²) in [6.45, 7) is 4.56. The van der Waals surface area contributed by atoms with Crippen molar-refractivity contribution in [2.24, 2.45) is 0 Å². The number of carbonyl (C=O) groups excluding carboxylic acids is 1. The van der Waals surface area contributed by atoms with Gasteiger partial charge in [-0.15, -0.1) is 0 Å². The molecular formula is C9H16N2O5. The van der Waals surface area contributed by atoms with Crippen molar-refractivity contribution < 1.29 is 25.0 Å². The quantitative estimate of drug-likeness (QED) is 0.251. The van der Waals surface area contributed by atoms with Gasteiger partial charge < -0.3 is 10.2 Å². The Morgan fingerprint density at radius 1 is 1.38 bits per heavy atom. The lowest BCUT2D eigenvalue weighted by atomic mass is 10.2. The van der Waals surface area contributed by atoms with Gasteiger partial charge in [-0.05, 0) is 20.3 Å². The molecule has 7 heteroatoms. The first-order valence-corrected chi connectivity index (χ1v) is 4.73. The Morgan fingerprint density at radius 3 is 2.25 bits per heavy atom. The fraction of sp³-hybridized carbons (Fsp3) is 0.556. The number of allylic oxidation sites excluding steroid dienone is 1. The molecule has 0 saturated carbocycles. The van der Waals surface area contributed by atoms with Gasteiger partial charge in [0.2, 0.25) is 5.76 Å². The van der Waals surface area contributed by atoms with Crippen LogP contribution in [0.15, 0.2) is 11.5 Å². The lowest BCUT2D eigenvalue weighted by molar-refractivity contribution is -0.172. The number of carbonyl (C=O) groups is 2. The molecule has 0 bridgehead atoms. The van der Waals surface area contributed by atoms with Crippen molar-refractivity contribution in [3.05, 3.63) is 11.5 Å². The van der Waals surface area contributed by atoms with Crippen LogP contribution in [0, 0.1) is 0 Å². The lowest BCUT2D eigenvalue weighted by Crippen LogP contribution is -2.37. The molecule has 1 atom stereocenters. The van der Waals surface area contributed by atoms with Gasteiger partial charge in [0.25, 0.3) is 0 Å². The van der Waals surface area contributed by atoms with Crippen LogP contribution in [-0.4, -0.2) is 38.5 Å². The predicted octanol–water partition coefficient (Wildman–Crippen LogP) is 1.06. The Labute approximate surface area is 92.9 Å². The SMILES string of the molecule is CCC(C)N(O)C(=O)/C(O)=C(/C)NC(=O)O. The van der Waals surface area contributed by atoms with Crippen molar-refractivity contribution in [2.45, 2.75) is 33.2 Å². The molecule has 92 valence electrons. The first-order chi connectivity index (χ1) is 7.31. The highest BCUT2D eigenvalue weighted by Gasteiger charge is 2.22. The molecule has 0 aromatic heterocycles. The van der Waals surface area contributed by atoms with Crippen molar-refractivity contribution in [3.8, 4) is 0 Å². The van der Waals surface area contributed by atoms with Crippen LogP contribution in [0.1, 0.15) is 27.2 Å². The molecule has 0 radical (unpaired) electrons. The molecule has 16 heavy (non-hydrogen) atoms. The van der Waals surface area contributed by atoms with Crippen molar-refractivity contribution in [3.63, 3.8) is 0 Å². The lowest BCUT2D eigenvalue weighted by Gasteiger charge is -2.21. The molecule has 7 nitrogen and oxygen atoms in total. The van der Waals surface area contributed by atoms with Crippen molar-refractivity contribution in [2.75, 3.05) is 0 Å². The molecule has 2 amide bonds. The molecule has 4 N–H and O–H groups in total. The maximum absolute atomic E-state index is 11.4. The van der Waals surface area contributed by atoms with Gasteiger partial charge in [0.05, 0.1) is 11.7 Å². The third kappa shape index (κ3) is 3.77. The maximum atomic E-state index is 11.4. The summed E-state index contributed by atoms with van der Waals surface area (Å²) in [4.78, 5) is 21.7. The number of aliphatic hydroxyl groups is 1. The third-order valence-electron chi connectivity index (χ3n) is 2.07. The highest BCUT2D eigenvalue weighted by atomic mass is 16.5. The summed E-state index contributed by atoms with van der Waals surface area (Å²) < 4.78 is 0. The minimum absolute atomic E-state index is 0.236. The van der Waals surface area contributed by atoms with E-state index in [4.69, 9.17) is 5.11 Å². The summed E-state index contributed by atoms with van der Waals surface area (Å²) in [5.41, 5.74) is -0.236. The minimum Gasteiger partial charge on any atom is -0.502 e. The monoisotopic (exact) mass is 232 g/mol. The predicted molar refractivity (Wildman–Crippen MR) is 54.9 cm³/mol. The Hall–Kier alpha value is -1.76. The number of nitrogens with zero attached hydrogens (tertiary/aromatic N) is 1. The van der Waals surface area contributed by atoms with Crippen LogP contribution in [0.3, 0.4) is 0 Å². The Kier molecular flexibility index (Phi) is 5.31. The highest BCUT2D eigenvalue weighted by molar-refractivity contribution is 5.91. The molecular weight excluding hydrogens is 216 g/mol. The maximum Gasteiger partial charge on any atom is 0.409 e. The molecule has 0 aromatic carbocycles. The summed E-state index contributed by atoms with van der Waals surface area (Å²) in [5.74, 6) is -1.87. The van der Waals surface area contributed by atoms with E-state index in [1.807, 2.05) is 5.32 Å². The van der Waals surface area contributed by atoms with Crippen LogP contribution >= 0.6 is 0 Å². The fourth-order valence-electron chi connectivity index (χ4n) is 0.862. The van der Waals surface area contributed by atoms with Crippen LogP contribution < -0.4 is 5.32 Å². The van der Waals surface area contributed by atoms with E-state index in [1.165, 1.54) is 6.92 Å². The first-order valence-electron chi connectivity index (χ1n) is 4.73. The topological polar surface area (TPSA) is 110 Å². The van der Waals surface area contributed by atoms with Crippen molar-refractivity contribution in [1.29, 1.82) is 0 Å². The first kappa shape index (κ1) is 14.2. The summed E-state index contributed by atoms with van der Waals surface area (Å²) in [5, 5.41) is 29.3. The van der Waals surface area contributed by atoms with Crippen molar-refractivity contribution >= 4 is 12.0 Å². The van der Waals surface area contributed by atoms with Gasteiger partial charge >= 0.3 is 12.0 Å². The van der Waals surface area contributed by atoms with Gasteiger partial charge in [0, 0.05) is 0 Å². The Bertz CT molecular complexity index is 313. The van der Waals surface area contributed by atoms with Gasteiger partial charge in [-0.2, -0.15) is 0 Å². The number of rotatable bonds is 4. The zero-order valence-electron chi connectivity index (χ0n) is 9.39.